The largest absolute Gasteiger partial charge is 0.481 e. The van der Waals surface area contributed by atoms with E-state index in [9.17, 15) is 4.79 Å². The van der Waals surface area contributed by atoms with Gasteiger partial charge in [-0.15, -0.1) is 12.4 Å². The van der Waals surface area contributed by atoms with Gasteiger partial charge in [-0.25, -0.2) is 0 Å². The van der Waals surface area contributed by atoms with Crippen molar-refractivity contribution in [2.24, 2.45) is 5.92 Å². The van der Waals surface area contributed by atoms with Gasteiger partial charge in [0.15, 0.2) is 0 Å². The van der Waals surface area contributed by atoms with Gasteiger partial charge in [0.2, 0.25) is 0 Å². The normalized spacial score (nSPS) is 29.1. The molecular weight excluding hydrogens is 178 g/mol. The molecule has 1 saturated heterocycles. The van der Waals surface area contributed by atoms with E-state index in [1.54, 1.807) is 0 Å². The average Bonchev–Trinajstić information content (AvgIpc) is 1.93. The summed E-state index contributed by atoms with van der Waals surface area (Å²) in [5, 5.41) is 11.8. The Morgan fingerprint density at radius 1 is 1.67 bits per heavy atom. The van der Waals surface area contributed by atoms with Crippen molar-refractivity contribution in [3.8, 4) is 0 Å². The number of hydrogen-bond acceptors (Lipinski definition) is 2. The number of carboxylic acids is 1. The van der Waals surface area contributed by atoms with Gasteiger partial charge < -0.3 is 10.4 Å². The Bertz CT molecular complexity index is 152. The van der Waals surface area contributed by atoms with Crippen LogP contribution >= 0.6 is 12.4 Å². The standard InChI is InChI=1S/C8H15NO2.ClH/c1-6-7(5-8(10)11)3-2-4-9-6;/h6-7,9H,2-5H2,1H3,(H,10,11);1H. The van der Waals surface area contributed by atoms with Gasteiger partial charge in [-0.1, -0.05) is 0 Å². The quantitative estimate of drug-likeness (QED) is 0.695. The SMILES string of the molecule is CC1NCCCC1CC(=O)O.Cl. The summed E-state index contributed by atoms with van der Waals surface area (Å²) >= 11 is 0. The summed E-state index contributed by atoms with van der Waals surface area (Å²) in [4.78, 5) is 10.4. The van der Waals surface area contributed by atoms with Gasteiger partial charge >= 0.3 is 5.97 Å². The van der Waals surface area contributed by atoms with E-state index in [1.165, 1.54) is 0 Å². The maximum Gasteiger partial charge on any atom is 0.303 e. The Kier molecular flexibility index (Phi) is 5.25. The summed E-state index contributed by atoms with van der Waals surface area (Å²) in [6, 6.07) is 0.375. The van der Waals surface area contributed by atoms with Crippen molar-refractivity contribution >= 4 is 18.4 Å². The van der Waals surface area contributed by atoms with Crippen molar-refractivity contribution in [1.82, 2.24) is 5.32 Å². The first-order chi connectivity index (χ1) is 5.20. The number of carboxylic acid groups (broad SMARTS) is 1. The van der Waals surface area contributed by atoms with E-state index in [2.05, 4.69) is 12.2 Å². The Labute approximate surface area is 78.9 Å². The zero-order valence-corrected chi connectivity index (χ0v) is 8.06. The molecule has 3 nitrogen and oxygen atoms in total. The van der Waals surface area contributed by atoms with E-state index in [4.69, 9.17) is 5.11 Å². The lowest BCUT2D eigenvalue weighted by molar-refractivity contribution is -0.138. The predicted molar refractivity (Wildman–Crippen MR) is 49.7 cm³/mol. The molecule has 4 heteroatoms. The van der Waals surface area contributed by atoms with Gasteiger partial charge in [0, 0.05) is 12.5 Å². The van der Waals surface area contributed by atoms with Gasteiger partial charge in [-0.3, -0.25) is 4.79 Å². The molecule has 1 aliphatic rings. The van der Waals surface area contributed by atoms with Crippen molar-refractivity contribution in [2.45, 2.75) is 32.2 Å². The van der Waals surface area contributed by atoms with E-state index in [0.29, 0.717) is 18.4 Å². The summed E-state index contributed by atoms with van der Waals surface area (Å²) in [6.07, 6.45) is 2.48. The van der Waals surface area contributed by atoms with Gasteiger partial charge in [0.25, 0.3) is 0 Å². The van der Waals surface area contributed by atoms with Crippen LogP contribution in [0, 0.1) is 5.92 Å². The monoisotopic (exact) mass is 193 g/mol. The summed E-state index contributed by atoms with van der Waals surface area (Å²) in [5.74, 6) is -0.341. The number of rotatable bonds is 2. The fraction of sp³-hybridized carbons (Fsp3) is 0.875. The molecule has 2 atom stereocenters. The van der Waals surface area contributed by atoms with Crippen LogP contribution in [-0.4, -0.2) is 23.7 Å². The van der Waals surface area contributed by atoms with E-state index in [0.717, 1.165) is 19.4 Å². The lowest BCUT2D eigenvalue weighted by Gasteiger charge is -2.28. The molecular formula is C8H16ClNO2. The lowest BCUT2D eigenvalue weighted by atomic mass is 9.89. The molecule has 1 rings (SSSR count). The van der Waals surface area contributed by atoms with E-state index in [1.807, 2.05) is 0 Å². The number of halogens is 1. The molecule has 0 aromatic rings. The van der Waals surface area contributed by atoms with Crippen LogP contribution in [0.5, 0.6) is 0 Å². The minimum atomic E-state index is -0.675. The smallest absolute Gasteiger partial charge is 0.303 e. The molecule has 0 aromatic carbocycles. The highest BCUT2D eigenvalue weighted by Gasteiger charge is 2.22. The average molecular weight is 194 g/mol. The number of carbonyl (C=O) groups is 1. The maximum absolute atomic E-state index is 10.4. The summed E-state index contributed by atoms with van der Waals surface area (Å²) in [7, 11) is 0. The van der Waals surface area contributed by atoms with Gasteiger partial charge in [0.05, 0.1) is 0 Å². The number of aliphatic carboxylic acids is 1. The lowest BCUT2D eigenvalue weighted by Crippen LogP contribution is -2.39. The van der Waals surface area contributed by atoms with Crippen LogP contribution in [0.2, 0.25) is 0 Å². The van der Waals surface area contributed by atoms with Crippen molar-refractivity contribution in [2.75, 3.05) is 6.54 Å². The highest BCUT2D eigenvalue weighted by molar-refractivity contribution is 5.85. The van der Waals surface area contributed by atoms with Gasteiger partial charge in [0.1, 0.15) is 0 Å². The van der Waals surface area contributed by atoms with Gasteiger partial charge in [-0.05, 0) is 32.2 Å². The first kappa shape index (κ1) is 11.7. The molecule has 0 saturated carbocycles. The van der Waals surface area contributed by atoms with Crippen molar-refractivity contribution < 1.29 is 9.90 Å². The van der Waals surface area contributed by atoms with Crippen LogP contribution in [0.1, 0.15) is 26.2 Å². The topological polar surface area (TPSA) is 49.3 Å². The van der Waals surface area contributed by atoms with E-state index >= 15 is 0 Å². The van der Waals surface area contributed by atoms with Crippen molar-refractivity contribution in [3.63, 3.8) is 0 Å². The maximum atomic E-state index is 10.4. The Morgan fingerprint density at radius 2 is 2.33 bits per heavy atom. The predicted octanol–water partition coefficient (Wildman–Crippen LogP) is 1.27. The van der Waals surface area contributed by atoms with Crippen LogP contribution in [0.25, 0.3) is 0 Å². The van der Waals surface area contributed by atoms with Crippen LogP contribution in [0.3, 0.4) is 0 Å². The molecule has 0 bridgehead atoms. The van der Waals surface area contributed by atoms with E-state index < -0.39 is 5.97 Å². The molecule has 0 amide bonds. The van der Waals surface area contributed by atoms with Crippen LogP contribution < -0.4 is 5.32 Å². The Hall–Kier alpha value is -0.280. The van der Waals surface area contributed by atoms with Crippen LogP contribution in [0.15, 0.2) is 0 Å². The summed E-state index contributed by atoms with van der Waals surface area (Å²) in [5.41, 5.74) is 0. The summed E-state index contributed by atoms with van der Waals surface area (Å²) in [6.45, 7) is 3.10. The van der Waals surface area contributed by atoms with Crippen molar-refractivity contribution in [3.05, 3.63) is 0 Å². The van der Waals surface area contributed by atoms with Crippen molar-refractivity contribution in [1.29, 1.82) is 0 Å². The molecule has 0 spiro atoms. The zero-order chi connectivity index (χ0) is 8.27. The Balaban J connectivity index is 0.00000121. The molecule has 2 unspecified atom stereocenters. The van der Waals surface area contributed by atoms with E-state index in [-0.39, 0.29) is 12.4 Å². The molecule has 1 fully saturated rings. The highest BCUT2D eigenvalue weighted by Crippen LogP contribution is 2.19. The fourth-order valence-corrected chi connectivity index (χ4v) is 1.61. The molecule has 0 radical (unpaired) electrons. The first-order valence-corrected chi connectivity index (χ1v) is 4.15. The van der Waals surface area contributed by atoms with Crippen LogP contribution in [0.4, 0.5) is 0 Å². The molecule has 0 aromatic heterocycles. The number of nitrogens with one attached hydrogen (secondary N) is 1. The summed E-state index contributed by atoms with van der Waals surface area (Å²) < 4.78 is 0. The second kappa shape index (κ2) is 5.38. The molecule has 12 heavy (non-hydrogen) atoms. The second-order valence-corrected chi connectivity index (χ2v) is 3.24. The molecule has 1 heterocycles. The molecule has 1 aliphatic heterocycles. The second-order valence-electron chi connectivity index (χ2n) is 3.24. The third kappa shape index (κ3) is 3.41. The first-order valence-electron chi connectivity index (χ1n) is 4.15. The molecule has 0 aliphatic carbocycles. The molecule has 2 N–H and O–H groups in total. The Morgan fingerprint density at radius 3 is 2.83 bits per heavy atom. The third-order valence-electron chi connectivity index (χ3n) is 2.36. The number of piperidine rings is 1. The van der Waals surface area contributed by atoms with Gasteiger partial charge in [-0.2, -0.15) is 0 Å². The fourth-order valence-electron chi connectivity index (χ4n) is 1.61. The highest BCUT2D eigenvalue weighted by atomic mass is 35.5. The van der Waals surface area contributed by atoms with Crippen LogP contribution in [-0.2, 0) is 4.79 Å². The third-order valence-corrected chi connectivity index (χ3v) is 2.36. The zero-order valence-electron chi connectivity index (χ0n) is 7.25. The minimum absolute atomic E-state index is 0. The molecule has 72 valence electrons. The minimum Gasteiger partial charge on any atom is -0.481 e. The number of hydrogen-bond donors (Lipinski definition) is 2.